The number of rotatable bonds is 2. The van der Waals surface area contributed by atoms with E-state index in [1.165, 1.54) is 13.2 Å². The van der Waals surface area contributed by atoms with Crippen molar-refractivity contribution >= 4 is 5.97 Å². The lowest BCUT2D eigenvalue weighted by atomic mass is 10.4. The molecule has 1 unspecified atom stereocenters. The van der Waals surface area contributed by atoms with Crippen molar-refractivity contribution < 1.29 is 14.6 Å². The second-order valence-corrected chi connectivity index (χ2v) is 1.08. The molecular formula is C4H5NO3. The van der Waals surface area contributed by atoms with E-state index in [1.54, 1.807) is 0 Å². The Labute approximate surface area is 46.3 Å². The van der Waals surface area contributed by atoms with Gasteiger partial charge in [-0.2, -0.15) is 5.26 Å². The smallest absolute Gasteiger partial charge is 0.347 e. The van der Waals surface area contributed by atoms with Crippen LogP contribution in [0.25, 0.3) is 0 Å². The van der Waals surface area contributed by atoms with E-state index in [9.17, 15) is 4.79 Å². The lowest BCUT2D eigenvalue weighted by Gasteiger charge is -1.95. The highest BCUT2D eigenvalue weighted by Crippen LogP contribution is 1.84. The summed E-state index contributed by atoms with van der Waals surface area (Å²) < 4.78 is 4.20. The molecule has 4 nitrogen and oxygen atoms in total. The Morgan fingerprint density at radius 3 is 2.50 bits per heavy atom. The average Bonchev–Trinajstić information content (AvgIpc) is 1.69. The molecule has 0 saturated carbocycles. The Balaban J connectivity index is 3.76. The number of carbonyl (C=O) groups is 1. The van der Waals surface area contributed by atoms with E-state index >= 15 is 0 Å². The van der Waals surface area contributed by atoms with Crippen LogP contribution in [-0.2, 0) is 9.53 Å². The van der Waals surface area contributed by atoms with Gasteiger partial charge in [-0.25, -0.2) is 4.79 Å². The first-order valence-electron chi connectivity index (χ1n) is 1.87. The van der Waals surface area contributed by atoms with Gasteiger partial charge in [0.25, 0.3) is 0 Å². The van der Waals surface area contributed by atoms with Gasteiger partial charge in [-0.1, -0.05) is 0 Å². The third kappa shape index (κ3) is 1.58. The fourth-order valence-electron chi connectivity index (χ4n) is 0.209. The van der Waals surface area contributed by atoms with E-state index in [-0.39, 0.29) is 0 Å². The van der Waals surface area contributed by atoms with Crippen LogP contribution in [0.4, 0.5) is 0 Å². The summed E-state index contributed by atoms with van der Waals surface area (Å²) >= 11 is 0. The fraction of sp³-hybridized carbons (Fsp3) is 0.500. The molecule has 0 fully saturated rings. The highest BCUT2D eigenvalue weighted by Gasteiger charge is 2.13. The average molecular weight is 115 g/mol. The zero-order valence-corrected chi connectivity index (χ0v) is 4.29. The van der Waals surface area contributed by atoms with E-state index in [1.807, 2.05) is 0 Å². The summed E-state index contributed by atoms with van der Waals surface area (Å²) in [5.74, 6) is -1.25. The summed E-state index contributed by atoms with van der Waals surface area (Å²) in [6.07, 6.45) is -1.32. The normalized spacial score (nSPS) is 12.0. The van der Waals surface area contributed by atoms with Gasteiger partial charge in [0.1, 0.15) is 6.07 Å². The molecule has 44 valence electrons. The number of hydrogen-bond acceptors (Lipinski definition) is 3. The molecule has 0 saturated heterocycles. The molecule has 4 heteroatoms. The molecule has 0 bridgehead atoms. The quantitative estimate of drug-likeness (QED) is 0.532. The van der Waals surface area contributed by atoms with Gasteiger partial charge >= 0.3 is 5.97 Å². The van der Waals surface area contributed by atoms with Gasteiger partial charge < -0.3 is 9.84 Å². The van der Waals surface area contributed by atoms with Gasteiger partial charge in [0, 0.05) is 7.11 Å². The summed E-state index contributed by atoms with van der Waals surface area (Å²) in [7, 11) is 1.17. The topological polar surface area (TPSA) is 70.3 Å². The zero-order chi connectivity index (χ0) is 6.57. The molecule has 0 aliphatic carbocycles. The Morgan fingerprint density at radius 1 is 2.00 bits per heavy atom. The summed E-state index contributed by atoms with van der Waals surface area (Å²) in [4.78, 5) is 9.81. The number of methoxy groups -OCH3 is 1. The minimum Gasteiger partial charge on any atom is -0.479 e. The molecule has 0 aromatic carbocycles. The highest BCUT2D eigenvalue weighted by atomic mass is 16.5. The number of aliphatic carboxylic acids is 1. The summed E-state index contributed by atoms with van der Waals surface area (Å²) in [5.41, 5.74) is 0. The fourth-order valence-corrected chi connectivity index (χ4v) is 0.209. The molecule has 0 spiro atoms. The van der Waals surface area contributed by atoms with Gasteiger partial charge in [-0.05, 0) is 0 Å². The van der Waals surface area contributed by atoms with Crippen molar-refractivity contribution in [2.45, 2.75) is 6.10 Å². The van der Waals surface area contributed by atoms with Gasteiger partial charge in [0.2, 0.25) is 6.10 Å². The van der Waals surface area contributed by atoms with Crippen LogP contribution in [0.1, 0.15) is 0 Å². The van der Waals surface area contributed by atoms with Crippen LogP contribution in [0.3, 0.4) is 0 Å². The number of hydrogen-bond donors (Lipinski definition) is 1. The second-order valence-electron chi connectivity index (χ2n) is 1.08. The van der Waals surface area contributed by atoms with Crippen molar-refractivity contribution in [2.75, 3.05) is 7.11 Å². The van der Waals surface area contributed by atoms with Gasteiger partial charge in [-0.15, -0.1) is 0 Å². The number of carboxylic acid groups (broad SMARTS) is 1. The minimum absolute atomic E-state index is 1.17. The third-order valence-corrected chi connectivity index (χ3v) is 0.577. The monoisotopic (exact) mass is 115 g/mol. The molecule has 0 heterocycles. The maximum Gasteiger partial charge on any atom is 0.347 e. The van der Waals surface area contributed by atoms with Crippen LogP contribution < -0.4 is 0 Å². The summed E-state index contributed by atoms with van der Waals surface area (Å²) in [6.45, 7) is 0. The first kappa shape index (κ1) is 6.92. The molecule has 0 radical (unpaired) electrons. The van der Waals surface area contributed by atoms with Crippen LogP contribution in [-0.4, -0.2) is 24.3 Å². The maximum atomic E-state index is 9.81. The standard InChI is InChI=1S/C4H5NO3/c1-8-3(2-5)4(6)7/h3H,1H3,(H,6,7). The number of ether oxygens (including phenoxy) is 1. The molecule has 1 atom stereocenters. The van der Waals surface area contributed by atoms with Crippen LogP contribution in [0.5, 0.6) is 0 Å². The number of nitrogens with zero attached hydrogens (tertiary/aromatic N) is 1. The van der Waals surface area contributed by atoms with E-state index in [2.05, 4.69) is 4.74 Å². The van der Waals surface area contributed by atoms with E-state index < -0.39 is 12.1 Å². The van der Waals surface area contributed by atoms with E-state index in [0.717, 1.165) is 0 Å². The largest absolute Gasteiger partial charge is 0.479 e. The highest BCUT2D eigenvalue weighted by molar-refractivity contribution is 5.75. The maximum absolute atomic E-state index is 9.81. The molecule has 0 aromatic rings. The van der Waals surface area contributed by atoms with Crippen LogP contribution >= 0.6 is 0 Å². The van der Waals surface area contributed by atoms with Crippen molar-refractivity contribution in [1.82, 2.24) is 0 Å². The van der Waals surface area contributed by atoms with Crippen LogP contribution in [0.2, 0.25) is 0 Å². The van der Waals surface area contributed by atoms with Crippen molar-refractivity contribution in [2.24, 2.45) is 0 Å². The molecule has 8 heavy (non-hydrogen) atoms. The Hall–Kier alpha value is -1.08. The SMILES string of the molecule is COC(C#N)C(=O)O. The third-order valence-electron chi connectivity index (χ3n) is 0.577. The lowest BCUT2D eigenvalue weighted by Crippen LogP contribution is -2.19. The predicted octanol–water partition coefficient (Wildman–Crippen LogP) is -0.390. The predicted molar refractivity (Wildman–Crippen MR) is 24.0 cm³/mol. The molecule has 0 aromatic heterocycles. The van der Waals surface area contributed by atoms with Gasteiger partial charge in [-0.3, -0.25) is 0 Å². The summed E-state index contributed by atoms with van der Waals surface area (Å²) in [5, 5.41) is 16.0. The summed E-state index contributed by atoms with van der Waals surface area (Å²) in [6, 6.07) is 1.43. The Morgan fingerprint density at radius 2 is 2.50 bits per heavy atom. The molecule has 0 aliphatic rings. The number of carboxylic acids is 1. The lowest BCUT2D eigenvalue weighted by molar-refractivity contribution is -0.145. The molecule has 1 N–H and O–H groups in total. The van der Waals surface area contributed by atoms with Crippen LogP contribution in [0.15, 0.2) is 0 Å². The van der Waals surface area contributed by atoms with Crippen LogP contribution in [0, 0.1) is 11.3 Å². The zero-order valence-electron chi connectivity index (χ0n) is 4.29. The first-order valence-corrected chi connectivity index (χ1v) is 1.87. The number of nitriles is 1. The van der Waals surface area contributed by atoms with E-state index in [4.69, 9.17) is 10.4 Å². The molecule has 0 rings (SSSR count). The Kier molecular flexibility index (Phi) is 2.59. The van der Waals surface area contributed by atoms with Gasteiger partial charge in [0.15, 0.2) is 0 Å². The van der Waals surface area contributed by atoms with E-state index in [0.29, 0.717) is 0 Å². The van der Waals surface area contributed by atoms with Crippen molar-refractivity contribution in [3.63, 3.8) is 0 Å². The molecule has 0 amide bonds. The van der Waals surface area contributed by atoms with Crippen molar-refractivity contribution in [3.8, 4) is 6.07 Å². The molecular weight excluding hydrogens is 110 g/mol. The minimum atomic E-state index is -1.32. The molecule has 0 aliphatic heterocycles. The second kappa shape index (κ2) is 2.99. The van der Waals surface area contributed by atoms with Crippen molar-refractivity contribution in [3.05, 3.63) is 0 Å². The van der Waals surface area contributed by atoms with Crippen molar-refractivity contribution in [1.29, 1.82) is 5.26 Å². The van der Waals surface area contributed by atoms with Gasteiger partial charge in [0.05, 0.1) is 0 Å². The first-order chi connectivity index (χ1) is 3.72. The Bertz CT molecular complexity index is 126.